The standard InChI is InChI=1S/C34H33N3O7/c1-2-41-28-19-24(9-11-27(28)44-21-23-7-4-3-5-8-23)31-30(32(38)25-10-12-26-29(20-25)43-18-17-42-26)33(39)34(40)37(31)15-6-14-36-16-13-35-22-36/h3-5,7-13,16,19-20,22,31,38H,2,6,14-15,17-18,21H2,1H3/t31-/m1/s1. The number of aromatic nitrogens is 2. The Morgan fingerprint density at radius 2 is 1.77 bits per heavy atom. The van der Waals surface area contributed by atoms with Gasteiger partial charge in [-0.05, 0) is 54.8 Å². The van der Waals surface area contributed by atoms with Crippen molar-refractivity contribution in [1.29, 1.82) is 0 Å². The predicted molar refractivity (Wildman–Crippen MR) is 162 cm³/mol. The minimum Gasteiger partial charge on any atom is -0.507 e. The van der Waals surface area contributed by atoms with Gasteiger partial charge in [-0.15, -0.1) is 0 Å². The van der Waals surface area contributed by atoms with Gasteiger partial charge >= 0.3 is 0 Å². The molecule has 6 rings (SSSR count). The van der Waals surface area contributed by atoms with E-state index in [0.717, 1.165) is 5.56 Å². The van der Waals surface area contributed by atoms with Crippen LogP contribution in [0.25, 0.3) is 5.76 Å². The van der Waals surface area contributed by atoms with Crippen LogP contribution in [0.2, 0.25) is 0 Å². The van der Waals surface area contributed by atoms with Crippen LogP contribution >= 0.6 is 0 Å². The molecule has 226 valence electrons. The lowest BCUT2D eigenvalue weighted by molar-refractivity contribution is -0.139. The number of likely N-dealkylation sites (tertiary alicyclic amines) is 1. The summed E-state index contributed by atoms with van der Waals surface area (Å²) in [4.78, 5) is 32.7. The number of aryl methyl sites for hydroxylation is 1. The Labute approximate surface area is 255 Å². The third-order valence-electron chi connectivity index (χ3n) is 7.55. The number of benzene rings is 3. The summed E-state index contributed by atoms with van der Waals surface area (Å²) < 4.78 is 25.3. The molecule has 3 aromatic carbocycles. The van der Waals surface area contributed by atoms with Crippen LogP contribution in [-0.4, -0.2) is 57.6 Å². The fraction of sp³-hybridized carbons (Fsp3) is 0.265. The average Bonchev–Trinajstić information content (AvgIpc) is 3.66. The average molecular weight is 596 g/mol. The number of rotatable bonds is 11. The van der Waals surface area contributed by atoms with Crippen LogP contribution in [0.3, 0.4) is 0 Å². The highest BCUT2D eigenvalue weighted by Gasteiger charge is 2.46. The minimum atomic E-state index is -0.853. The van der Waals surface area contributed by atoms with Crippen molar-refractivity contribution in [3.8, 4) is 23.0 Å². The van der Waals surface area contributed by atoms with E-state index in [2.05, 4.69) is 4.98 Å². The minimum absolute atomic E-state index is 0.00490. The number of aliphatic hydroxyl groups excluding tert-OH is 1. The summed E-state index contributed by atoms with van der Waals surface area (Å²) in [5.41, 5.74) is 1.96. The first-order chi connectivity index (χ1) is 21.5. The van der Waals surface area contributed by atoms with E-state index >= 15 is 0 Å². The number of imidazole rings is 1. The van der Waals surface area contributed by atoms with Crippen LogP contribution in [0.15, 0.2) is 91.0 Å². The number of carbonyl (C=O) groups excluding carboxylic acids is 2. The third kappa shape index (κ3) is 5.96. The zero-order chi connectivity index (χ0) is 30.5. The van der Waals surface area contributed by atoms with Gasteiger partial charge in [-0.1, -0.05) is 36.4 Å². The van der Waals surface area contributed by atoms with E-state index in [4.69, 9.17) is 18.9 Å². The molecular weight excluding hydrogens is 562 g/mol. The fourth-order valence-corrected chi connectivity index (χ4v) is 5.46. The van der Waals surface area contributed by atoms with Gasteiger partial charge in [-0.3, -0.25) is 9.59 Å². The van der Waals surface area contributed by atoms with Crippen LogP contribution in [0.4, 0.5) is 0 Å². The summed E-state index contributed by atoms with van der Waals surface area (Å²) in [6.45, 7) is 4.28. The molecule has 0 radical (unpaired) electrons. The third-order valence-corrected chi connectivity index (χ3v) is 7.55. The molecule has 44 heavy (non-hydrogen) atoms. The van der Waals surface area contributed by atoms with E-state index in [0.29, 0.717) is 73.5 Å². The number of fused-ring (bicyclic) bond motifs is 1. The molecule has 1 saturated heterocycles. The molecule has 10 nitrogen and oxygen atoms in total. The normalized spacial score (nSPS) is 17.1. The van der Waals surface area contributed by atoms with Gasteiger partial charge in [0.25, 0.3) is 11.7 Å². The Kier molecular flexibility index (Phi) is 8.49. The largest absolute Gasteiger partial charge is 0.507 e. The first kappa shape index (κ1) is 28.9. The summed E-state index contributed by atoms with van der Waals surface area (Å²) in [5, 5.41) is 11.6. The van der Waals surface area contributed by atoms with E-state index in [1.54, 1.807) is 48.9 Å². The molecule has 1 N–H and O–H groups in total. The van der Waals surface area contributed by atoms with Gasteiger partial charge in [0.1, 0.15) is 25.6 Å². The molecule has 0 bridgehead atoms. The van der Waals surface area contributed by atoms with E-state index in [1.807, 2.05) is 48.0 Å². The Morgan fingerprint density at radius 3 is 2.55 bits per heavy atom. The number of amides is 1. The topological polar surface area (TPSA) is 112 Å². The summed E-state index contributed by atoms with van der Waals surface area (Å²) in [6, 6.07) is 19.3. The molecule has 2 aliphatic rings. The van der Waals surface area contributed by atoms with Gasteiger partial charge in [0.2, 0.25) is 0 Å². The zero-order valence-electron chi connectivity index (χ0n) is 24.3. The predicted octanol–water partition coefficient (Wildman–Crippen LogP) is 5.14. The molecule has 0 saturated carbocycles. The van der Waals surface area contributed by atoms with Gasteiger partial charge in [-0.25, -0.2) is 4.98 Å². The van der Waals surface area contributed by atoms with Gasteiger partial charge in [0.15, 0.2) is 23.0 Å². The van der Waals surface area contributed by atoms with Crippen molar-refractivity contribution >= 4 is 17.4 Å². The number of hydrogen-bond donors (Lipinski definition) is 1. The van der Waals surface area contributed by atoms with E-state index < -0.39 is 17.7 Å². The maximum absolute atomic E-state index is 13.6. The van der Waals surface area contributed by atoms with Gasteiger partial charge in [0.05, 0.1) is 24.5 Å². The molecule has 4 aromatic rings. The molecule has 0 spiro atoms. The van der Waals surface area contributed by atoms with Crippen molar-refractivity contribution in [2.75, 3.05) is 26.4 Å². The summed E-state index contributed by atoms with van der Waals surface area (Å²) >= 11 is 0. The molecule has 1 atom stereocenters. The number of carbonyl (C=O) groups is 2. The first-order valence-electron chi connectivity index (χ1n) is 14.6. The van der Waals surface area contributed by atoms with Crippen LogP contribution in [0.5, 0.6) is 23.0 Å². The smallest absolute Gasteiger partial charge is 0.295 e. The quantitative estimate of drug-likeness (QED) is 0.144. The highest BCUT2D eigenvalue weighted by atomic mass is 16.6. The lowest BCUT2D eigenvalue weighted by atomic mass is 9.94. The molecule has 1 aromatic heterocycles. The highest BCUT2D eigenvalue weighted by molar-refractivity contribution is 6.46. The Balaban J connectivity index is 1.37. The number of ketones is 1. The second-order valence-corrected chi connectivity index (χ2v) is 10.4. The lowest BCUT2D eigenvalue weighted by Crippen LogP contribution is -2.31. The van der Waals surface area contributed by atoms with Crippen molar-refractivity contribution in [3.63, 3.8) is 0 Å². The Hall–Kier alpha value is -5.25. The molecule has 1 fully saturated rings. The highest BCUT2D eigenvalue weighted by Crippen LogP contribution is 2.43. The van der Waals surface area contributed by atoms with Crippen molar-refractivity contribution < 1.29 is 33.6 Å². The van der Waals surface area contributed by atoms with Crippen LogP contribution in [0.1, 0.15) is 36.1 Å². The van der Waals surface area contributed by atoms with Gasteiger partial charge in [-0.2, -0.15) is 0 Å². The molecule has 10 heteroatoms. The summed E-state index contributed by atoms with van der Waals surface area (Å²) in [5.74, 6) is 0.300. The summed E-state index contributed by atoms with van der Waals surface area (Å²) in [6.07, 6.45) is 5.81. The second kappa shape index (κ2) is 12.9. The Bertz CT molecular complexity index is 1670. The van der Waals surface area contributed by atoms with Crippen molar-refractivity contribution in [3.05, 3.63) is 108 Å². The van der Waals surface area contributed by atoms with E-state index in [9.17, 15) is 14.7 Å². The number of nitrogens with zero attached hydrogens (tertiary/aromatic N) is 3. The second-order valence-electron chi connectivity index (χ2n) is 10.4. The van der Waals surface area contributed by atoms with Crippen LogP contribution < -0.4 is 18.9 Å². The van der Waals surface area contributed by atoms with E-state index in [-0.39, 0.29) is 17.9 Å². The molecule has 1 amide bonds. The number of Topliss-reactive ketones (excluding diaryl/α,β-unsaturated/α-hetero) is 1. The van der Waals surface area contributed by atoms with E-state index in [1.165, 1.54) is 4.90 Å². The monoisotopic (exact) mass is 595 g/mol. The first-order valence-corrected chi connectivity index (χ1v) is 14.6. The lowest BCUT2D eigenvalue weighted by Gasteiger charge is -2.26. The Morgan fingerprint density at radius 1 is 0.955 bits per heavy atom. The fourth-order valence-electron chi connectivity index (χ4n) is 5.46. The maximum atomic E-state index is 13.6. The number of hydrogen-bond acceptors (Lipinski definition) is 8. The van der Waals surface area contributed by atoms with Crippen molar-refractivity contribution in [2.24, 2.45) is 0 Å². The zero-order valence-corrected chi connectivity index (χ0v) is 24.3. The van der Waals surface area contributed by atoms with Crippen LogP contribution in [-0.2, 0) is 22.7 Å². The molecule has 2 aliphatic heterocycles. The van der Waals surface area contributed by atoms with Crippen molar-refractivity contribution in [1.82, 2.24) is 14.5 Å². The van der Waals surface area contributed by atoms with Crippen molar-refractivity contribution in [2.45, 2.75) is 32.5 Å². The molecule has 3 heterocycles. The molecule has 0 aliphatic carbocycles. The van der Waals surface area contributed by atoms with Crippen LogP contribution in [0, 0.1) is 0 Å². The summed E-state index contributed by atoms with van der Waals surface area (Å²) in [7, 11) is 0. The molecule has 0 unspecified atom stereocenters. The van der Waals surface area contributed by atoms with Gasteiger partial charge in [0, 0.05) is 31.0 Å². The van der Waals surface area contributed by atoms with Gasteiger partial charge < -0.3 is 33.5 Å². The maximum Gasteiger partial charge on any atom is 0.295 e. The number of ether oxygens (including phenoxy) is 4. The number of aliphatic hydroxyl groups is 1. The molecular formula is C34H33N3O7. The SMILES string of the molecule is CCOc1cc([C@@H]2C(=C(O)c3ccc4c(c3)OCCO4)C(=O)C(=O)N2CCCn2ccnc2)ccc1OCc1ccccc1.